The molecule has 0 unspecified atom stereocenters. The van der Waals surface area contributed by atoms with E-state index in [2.05, 4.69) is 10.1 Å². The Balaban J connectivity index is 1.85. The summed E-state index contributed by atoms with van der Waals surface area (Å²) in [6, 6.07) is 4.48. The Bertz CT molecular complexity index is 761. The minimum absolute atomic E-state index is 0.0458. The summed E-state index contributed by atoms with van der Waals surface area (Å²) < 4.78 is 36.3. The van der Waals surface area contributed by atoms with Crippen molar-refractivity contribution in [3.8, 4) is 0 Å². The molecule has 0 radical (unpaired) electrons. The van der Waals surface area contributed by atoms with Gasteiger partial charge in [0, 0.05) is 6.07 Å². The zero-order valence-electron chi connectivity index (χ0n) is 13.0. The monoisotopic (exact) mass is 355 g/mol. The zero-order valence-corrected chi connectivity index (χ0v) is 13.8. The lowest BCUT2D eigenvalue weighted by atomic mass is 10.2. The van der Waals surface area contributed by atoms with E-state index in [1.807, 2.05) is 0 Å². The quantitative estimate of drug-likeness (QED) is 0.803. The predicted octanol–water partition coefficient (Wildman–Crippen LogP) is 3.52. The fourth-order valence-corrected chi connectivity index (χ4v) is 2.65. The van der Waals surface area contributed by atoms with Crippen LogP contribution in [-0.2, 0) is 15.3 Å². The number of hydrogen-bond acceptors (Lipinski definition) is 5. The highest BCUT2D eigenvalue weighted by Gasteiger charge is 2.15. The number of carbonyl (C=O) groups is 2. The molecule has 0 fully saturated rings. The normalized spacial score (nSPS) is 10.5. The third-order valence-corrected chi connectivity index (χ3v) is 4.01. The van der Waals surface area contributed by atoms with Gasteiger partial charge in [-0.3, -0.25) is 4.79 Å². The number of anilines is 1. The van der Waals surface area contributed by atoms with Gasteiger partial charge in [-0.05, 0) is 25.1 Å². The Morgan fingerprint density at radius 3 is 2.71 bits per heavy atom. The summed E-state index contributed by atoms with van der Waals surface area (Å²) in [6.45, 7) is 1.64. The molecule has 0 bridgehead atoms. The number of rotatable bonds is 6. The highest BCUT2D eigenvalue weighted by Crippen LogP contribution is 2.21. The van der Waals surface area contributed by atoms with Crippen LogP contribution in [0.5, 0.6) is 0 Å². The van der Waals surface area contributed by atoms with Crippen LogP contribution in [0.1, 0.15) is 21.9 Å². The minimum atomic E-state index is -0.835. The molecule has 1 aromatic heterocycles. The summed E-state index contributed by atoms with van der Waals surface area (Å²) in [5.41, 5.74) is 0.259. The largest absolute Gasteiger partial charge is 0.465 e. The molecule has 8 heteroatoms. The van der Waals surface area contributed by atoms with Gasteiger partial charge in [0.2, 0.25) is 5.91 Å². The zero-order chi connectivity index (χ0) is 17.7. The van der Waals surface area contributed by atoms with Gasteiger partial charge in [0.15, 0.2) is 0 Å². The first-order valence-electron chi connectivity index (χ1n) is 6.91. The minimum Gasteiger partial charge on any atom is -0.465 e. The standard InChI is InChI=1S/C16H15F2NO4S/c1-9-12(16(21)22-2)6-11(23-9)7-24-8-15(20)19-14-4-3-10(17)5-13(14)18/h3-6H,7-8H2,1-2H3,(H,19,20). The molecule has 1 amide bonds. The predicted molar refractivity (Wildman–Crippen MR) is 85.9 cm³/mol. The van der Waals surface area contributed by atoms with Crippen molar-refractivity contribution in [2.24, 2.45) is 0 Å². The number of halogens is 2. The molecule has 1 heterocycles. The van der Waals surface area contributed by atoms with Crippen molar-refractivity contribution < 1.29 is 27.5 Å². The van der Waals surface area contributed by atoms with Gasteiger partial charge in [-0.2, -0.15) is 0 Å². The second kappa shape index (κ2) is 7.96. The summed E-state index contributed by atoms with van der Waals surface area (Å²) in [4.78, 5) is 23.2. The van der Waals surface area contributed by atoms with Gasteiger partial charge in [0.25, 0.3) is 0 Å². The number of carbonyl (C=O) groups excluding carboxylic acids is 2. The van der Waals surface area contributed by atoms with E-state index in [1.54, 1.807) is 13.0 Å². The molecule has 2 rings (SSSR count). The smallest absolute Gasteiger partial charge is 0.341 e. The number of furan rings is 1. The summed E-state index contributed by atoms with van der Waals surface area (Å²) in [5, 5.41) is 2.36. The van der Waals surface area contributed by atoms with Crippen LogP contribution in [0.2, 0.25) is 0 Å². The Kier molecular flexibility index (Phi) is 5.97. The van der Waals surface area contributed by atoms with Crippen LogP contribution < -0.4 is 5.32 Å². The van der Waals surface area contributed by atoms with Crippen LogP contribution in [0, 0.1) is 18.6 Å². The topological polar surface area (TPSA) is 68.5 Å². The molecule has 5 nitrogen and oxygen atoms in total. The average molecular weight is 355 g/mol. The van der Waals surface area contributed by atoms with E-state index >= 15 is 0 Å². The first-order valence-corrected chi connectivity index (χ1v) is 8.06. The number of aryl methyl sites for hydroxylation is 1. The van der Waals surface area contributed by atoms with Crippen LogP contribution >= 0.6 is 11.8 Å². The Hall–Kier alpha value is -2.35. The molecule has 0 saturated heterocycles. The number of methoxy groups -OCH3 is 1. The van der Waals surface area contributed by atoms with Gasteiger partial charge in [0.1, 0.15) is 28.7 Å². The molecular formula is C16H15F2NO4S. The van der Waals surface area contributed by atoms with Crippen LogP contribution in [0.15, 0.2) is 28.7 Å². The van der Waals surface area contributed by atoms with Crippen molar-refractivity contribution in [3.63, 3.8) is 0 Å². The highest BCUT2D eigenvalue weighted by atomic mass is 32.2. The average Bonchev–Trinajstić information content (AvgIpc) is 2.90. The van der Waals surface area contributed by atoms with Crippen molar-refractivity contribution in [2.75, 3.05) is 18.2 Å². The molecule has 0 spiro atoms. The number of thioether (sulfide) groups is 1. The number of benzene rings is 1. The lowest BCUT2D eigenvalue weighted by Crippen LogP contribution is -2.15. The molecular weight excluding hydrogens is 340 g/mol. The number of amides is 1. The SMILES string of the molecule is COC(=O)c1cc(CSCC(=O)Nc2ccc(F)cc2F)oc1C. The first kappa shape index (κ1) is 18.0. The second-order valence-corrected chi connectivity index (χ2v) is 5.82. The summed E-state index contributed by atoms with van der Waals surface area (Å²) in [7, 11) is 1.28. The van der Waals surface area contributed by atoms with Crippen LogP contribution in [0.3, 0.4) is 0 Å². The Morgan fingerprint density at radius 2 is 2.04 bits per heavy atom. The second-order valence-electron chi connectivity index (χ2n) is 4.84. The van der Waals surface area contributed by atoms with Gasteiger partial charge in [-0.15, -0.1) is 11.8 Å². The van der Waals surface area contributed by atoms with Crippen molar-refractivity contribution >= 4 is 29.3 Å². The van der Waals surface area contributed by atoms with Gasteiger partial charge in [0.05, 0.1) is 24.3 Å². The van der Waals surface area contributed by atoms with E-state index in [1.165, 1.54) is 18.9 Å². The van der Waals surface area contributed by atoms with Crippen molar-refractivity contribution in [1.29, 1.82) is 0 Å². The maximum Gasteiger partial charge on any atom is 0.341 e. The van der Waals surface area contributed by atoms with Crippen molar-refractivity contribution in [2.45, 2.75) is 12.7 Å². The van der Waals surface area contributed by atoms with Crippen molar-refractivity contribution in [3.05, 3.63) is 53.0 Å². The van der Waals surface area contributed by atoms with E-state index in [0.29, 0.717) is 28.9 Å². The van der Waals surface area contributed by atoms with Crippen LogP contribution in [0.25, 0.3) is 0 Å². The number of hydrogen-bond donors (Lipinski definition) is 1. The molecule has 128 valence electrons. The fraction of sp³-hybridized carbons (Fsp3) is 0.250. The van der Waals surface area contributed by atoms with Gasteiger partial charge in [-0.1, -0.05) is 0 Å². The fourth-order valence-electron chi connectivity index (χ4n) is 1.95. The third kappa shape index (κ3) is 4.58. The first-order chi connectivity index (χ1) is 11.4. The maximum absolute atomic E-state index is 13.4. The molecule has 0 atom stereocenters. The summed E-state index contributed by atoms with van der Waals surface area (Å²) in [6.07, 6.45) is 0. The lowest BCUT2D eigenvalue weighted by molar-refractivity contribution is -0.113. The molecule has 0 aliphatic rings. The number of ether oxygens (including phenoxy) is 1. The number of nitrogens with one attached hydrogen (secondary N) is 1. The molecule has 2 aromatic rings. The summed E-state index contributed by atoms with van der Waals surface area (Å²) in [5.74, 6) is -1.10. The Labute approximate surface area is 141 Å². The van der Waals surface area contributed by atoms with E-state index in [0.717, 1.165) is 12.1 Å². The van der Waals surface area contributed by atoms with Gasteiger partial charge < -0.3 is 14.5 Å². The molecule has 0 aliphatic heterocycles. The Morgan fingerprint density at radius 1 is 1.29 bits per heavy atom. The van der Waals surface area contributed by atoms with E-state index in [-0.39, 0.29) is 11.4 Å². The summed E-state index contributed by atoms with van der Waals surface area (Å²) >= 11 is 1.23. The molecule has 0 saturated carbocycles. The van der Waals surface area contributed by atoms with Crippen molar-refractivity contribution in [1.82, 2.24) is 0 Å². The van der Waals surface area contributed by atoms with E-state index in [9.17, 15) is 18.4 Å². The number of esters is 1. The van der Waals surface area contributed by atoms with Crippen LogP contribution in [0.4, 0.5) is 14.5 Å². The van der Waals surface area contributed by atoms with E-state index < -0.39 is 23.5 Å². The molecule has 1 N–H and O–H groups in total. The molecule has 1 aromatic carbocycles. The highest BCUT2D eigenvalue weighted by molar-refractivity contribution is 7.99. The van der Waals surface area contributed by atoms with Crippen LogP contribution in [-0.4, -0.2) is 24.7 Å². The third-order valence-electron chi connectivity index (χ3n) is 3.06. The van der Waals surface area contributed by atoms with E-state index in [4.69, 9.17) is 4.42 Å². The molecule has 24 heavy (non-hydrogen) atoms. The molecule has 0 aliphatic carbocycles. The van der Waals surface area contributed by atoms with Gasteiger partial charge >= 0.3 is 5.97 Å². The lowest BCUT2D eigenvalue weighted by Gasteiger charge is -2.05. The van der Waals surface area contributed by atoms with Gasteiger partial charge in [-0.25, -0.2) is 13.6 Å². The maximum atomic E-state index is 13.4.